The third kappa shape index (κ3) is 2.25. The molecule has 102 valence electrons. The van der Waals surface area contributed by atoms with Gasteiger partial charge in [0.15, 0.2) is 0 Å². The van der Waals surface area contributed by atoms with E-state index in [0.717, 1.165) is 11.0 Å². The van der Waals surface area contributed by atoms with Crippen molar-refractivity contribution in [1.82, 2.24) is 25.1 Å². The number of carbonyl (C=O) groups excluding carboxylic acids is 1. The topological polar surface area (TPSA) is 99.3 Å². The number of para-hydroxylation sites is 2. The Hall–Kier alpha value is -2.70. The van der Waals surface area contributed by atoms with Crippen LogP contribution in [-0.2, 0) is 0 Å². The van der Waals surface area contributed by atoms with Gasteiger partial charge < -0.3 is 4.98 Å². The van der Waals surface area contributed by atoms with Crippen LogP contribution in [0.2, 0.25) is 0 Å². The first-order valence-electron chi connectivity index (χ1n) is 6.32. The molecule has 2 aromatic heterocycles. The van der Waals surface area contributed by atoms with E-state index < -0.39 is 5.91 Å². The van der Waals surface area contributed by atoms with Crippen molar-refractivity contribution < 1.29 is 4.79 Å². The number of nitrogens with zero attached hydrogens (tertiary/aromatic N) is 3. The molecule has 7 heteroatoms. The maximum Gasteiger partial charge on any atom is 0.297 e. The van der Waals surface area contributed by atoms with Gasteiger partial charge in [0.25, 0.3) is 5.91 Å². The first-order valence-corrected chi connectivity index (χ1v) is 6.32. The number of hydrogen-bond acceptors (Lipinski definition) is 4. The molecule has 0 spiro atoms. The molecule has 3 aromatic rings. The minimum absolute atomic E-state index is 0.106. The van der Waals surface area contributed by atoms with Crippen LogP contribution < -0.4 is 5.32 Å². The normalized spacial score (nSPS) is 11.2. The van der Waals surface area contributed by atoms with Crippen molar-refractivity contribution in [2.45, 2.75) is 19.8 Å². The lowest BCUT2D eigenvalue weighted by atomic mass is 10.2. The summed E-state index contributed by atoms with van der Waals surface area (Å²) in [5.74, 6) is 0.962. The molecule has 20 heavy (non-hydrogen) atoms. The number of rotatable bonds is 3. The quantitative estimate of drug-likeness (QED) is 0.678. The number of amides is 1. The van der Waals surface area contributed by atoms with E-state index in [1.54, 1.807) is 0 Å². The van der Waals surface area contributed by atoms with Gasteiger partial charge in [-0.2, -0.15) is 0 Å². The Kier molecular flexibility index (Phi) is 2.94. The highest BCUT2D eigenvalue weighted by Gasteiger charge is 2.15. The molecule has 0 radical (unpaired) electrons. The third-order valence-corrected chi connectivity index (χ3v) is 2.87. The first-order chi connectivity index (χ1) is 9.63. The van der Waals surface area contributed by atoms with Gasteiger partial charge in [0.05, 0.1) is 11.0 Å². The highest BCUT2D eigenvalue weighted by atomic mass is 16.2. The van der Waals surface area contributed by atoms with Gasteiger partial charge in [-0.3, -0.25) is 15.2 Å². The average Bonchev–Trinajstić information content (AvgIpc) is 3.04. The van der Waals surface area contributed by atoms with E-state index in [0.29, 0.717) is 11.8 Å². The predicted molar refractivity (Wildman–Crippen MR) is 74.5 cm³/mol. The van der Waals surface area contributed by atoms with Crippen molar-refractivity contribution in [2.75, 3.05) is 5.32 Å². The summed E-state index contributed by atoms with van der Waals surface area (Å²) in [7, 11) is 0. The molecule has 0 aliphatic heterocycles. The van der Waals surface area contributed by atoms with Gasteiger partial charge in [-0.05, 0) is 12.1 Å². The van der Waals surface area contributed by atoms with Gasteiger partial charge in [-0.25, -0.2) is 9.97 Å². The van der Waals surface area contributed by atoms with Crippen LogP contribution in [0.5, 0.6) is 0 Å². The Labute approximate surface area is 114 Å². The number of carbonyl (C=O) groups is 1. The monoisotopic (exact) mass is 270 g/mol. The summed E-state index contributed by atoms with van der Waals surface area (Å²) in [6, 6.07) is 7.54. The standard InChI is InChI=1S/C13H14N6O/c1-7(2)10-16-11(19-18-10)12(20)17-13-14-8-5-3-4-6-9(8)15-13/h3-7H,1-2H3,(H,16,18,19)(H2,14,15,17,20). The van der Waals surface area contributed by atoms with Gasteiger partial charge >= 0.3 is 0 Å². The minimum atomic E-state index is -0.396. The lowest BCUT2D eigenvalue weighted by Gasteiger charge is -1.97. The van der Waals surface area contributed by atoms with Crippen LogP contribution in [-0.4, -0.2) is 31.1 Å². The molecule has 0 unspecified atom stereocenters. The van der Waals surface area contributed by atoms with Crippen LogP contribution in [0, 0.1) is 0 Å². The van der Waals surface area contributed by atoms with Crippen LogP contribution in [0.4, 0.5) is 5.95 Å². The summed E-state index contributed by atoms with van der Waals surface area (Å²) in [5.41, 5.74) is 1.65. The molecule has 0 aliphatic rings. The SMILES string of the molecule is CC(C)c1nc(C(=O)Nc2nc3ccccc3[nH]2)n[nH]1. The second-order valence-electron chi connectivity index (χ2n) is 4.76. The van der Waals surface area contributed by atoms with Gasteiger partial charge in [-0.1, -0.05) is 26.0 Å². The fraction of sp³-hybridized carbons (Fsp3) is 0.231. The number of nitrogens with one attached hydrogen (secondary N) is 3. The van der Waals surface area contributed by atoms with Crippen molar-refractivity contribution in [3.8, 4) is 0 Å². The Morgan fingerprint density at radius 1 is 1.25 bits per heavy atom. The predicted octanol–water partition coefficient (Wildman–Crippen LogP) is 2.06. The Morgan fingerprint density at radius 2 is 2.05 bits per heavy atom. The minimum Gasteiger partial charge on any atom is -0.324 e. The highest BCUT2D eigenvalue weighted by molar-refractivity contribution is 6.01. The lowest BCUT2D eigenvalue weighted by molar-refractivity contribution is 0.101. The number of aromatic amines is 2. The highest BCUT2D eigenvalue weighted by Crippen LogP contribution is 2.14. The van der Waals surface area contributed by atoms with Crippen LogP contribution in [0.25, 0.3) is 11.0 Å². The summed E-state index contributed by atoms with van der Waals surface area (Å²) in [6.45, 7) is 3.95. The molecule has 0 bridgehead atoms. The fourth-order valence-corrected chi connectivity index (χ4v) is 1.81. The Bertz CT molecular complexity index is 724. The zero-order valence-corrected chi connectivity index (χ0v) is 11.1. The fourth-order valence-electron chi connectivity index (χ4n) is 1.81. The Morgan fingerprint density at radius 3 is 2.75 bits per heavy atom. The molecule has 0 saturated carbocycles. The number of benzene rings is 1. The van der Waals surface area contributed by atoms with E-state index in [1.165, 1.54) is 0 Å². The number of aromatic nitrogens is 5. The van der Waals surface area contributed by atoms with E-state index in [-0.39, 0.29) is 11.7 Å². The van der Waals surface area contributed by atoms with Crippen LogP contribution in [0.1, 0.15) is 36.2 Å². The van der Waals surface area contributed by atoms with E-state index in [9.17, 15) is 4.79 Å². The van der Waals surface area contributed by atoms with Crippen LogP contribution in [0.3, 0.4) is 0 Å². The number of fused-ring (bicyclic) bond motifs is 1. The summed E-state index contributed by atoms with van der Waals surface area (Å²) in [5, 5.41) is 9.29. The van der Waals surface area contributed by atoms with Gasteiger partial charge in [0.2, 0.25) is 11.8 Å². The smallest absolute Gasteiger partial charge is 0.297 e. The molecule has 2 heterocycles. The molecular weight excluding hydrogens is 256 g/mol. The number of hydrogen-bond donors (Lipinski definition) is 3. The van der Waals surface area contributed by atoms with Crippen molar-refractivity contribution in [3.05, 3.63) is 35.9 Å². The zero-order chi connectivity index (χ0) is 14.1. The molecule has 3 rings (SSSR count). The number of imidazole rings is 1. The molecule has 7 nitrogen and oxygen atoms in total. The number of H-pyrrole nitrogens is 2. The van der Waals surface area contributed by atoms with Gasteiger partial charge in [-0.15, -0.1) is 5.10 Å². The van der Waals surface area contributed by atoms with E-state index >= 15 is 0 Å². The van der Waals surface area contributed by atoms with E-state index in [4.69, 9.17) is 0 Å². The second-order valence-corrected chi connectivity index (χ2v) is 4.76. The third-order valence-electron chi connectivity index (χ3n) is 2.87. The van der Waals surface area contributed by atoms with E-state index in [2.05, 4.69) is 30.5 Å². The second kappa shape index (κ2) is 4.76. The summed E-state index contributed by atoms with van der Waals surface area (Å²) >= 11 is 0. The van der Waals surface area contributed by atoms with Crippen LogP contribution in [0.15, 0.2) is 24.3 Å². The van der Waals surface area contributed by atoms with Crippen LogP contribution >= 0.6 is 0 Å². The molecule has 0 saturated heterocycles. The first kappa shape index (κ1) is 12.3. The molecule has 1 amide bonds. The molecule has 3 N–H and O–H groups in total. The largest absolute Gasteiger partial charge is 0.324 e. The van der Waals surface area contributed by atoms with Crippen molar-refractivity contribution in [3.63, 3.8) is 0 Å². The molecule has 0 atom stereocenters. The average molecular weight is 270 g/mol. The maximum absolute atomic E-state index is 12.0. The lowest BCUT2D eigenvalue weighted by Crippen LogP contribution is -2.14. The summed E-state index contributed by atoms with van der Waals surface area (Å²) < 4.78 is 0. The van der Waals surface area contributed by atoms with Gasteiger partial charge in [0.1, 0.15) is 5.82 Å². The molecular formula is C13H14N6O. The van der Waals surface area contributed by atoms with Crippen molar-refractivity contribution in [1.29, 1.82) is 0 Å². The summed E-state index contributed by atoms with van der Waals surface area (Å²) in [6.07, 6.45) is 0. The molecule has 0 fully saturated rings. The maximum atomic E-state index is 12.0. The molecule has 1 aromatic carbocycles. The number of anilines is 1. The zero-order valence-electron chi connectivity index (χ0n) is 11.1. The van der Waals surface area contributed by atoms with Gasteiger partial charge in [0, 0.05) is 5.92 Å². The van der Waals surface area contributed by atoms with Crippen molar-refractivity contribution in [2.24, 2.45) is 0 Å². The summed E-state index contributed by atoms with van der Waals surface area (Å²) in [4.78, 5) is 23.4. The molecule has 0 aliphatic carbocycles. The Balaban J connectivity index is 1.80. The van der Waals surface area contributed by atoms with E-state index in [1.807, 2.05) is 38.1 Å². The van der Waals surface area contributed by atoms with Crippen molar-refractivity contribution >= 4 is 22.9 Å².